The average molecular weight is 416 g/mol. The van der Waals surface area contributed by atoms with E-state index in [0.29, 0.717) is 43.9 Å². The van der Waals surface area contributed by atoms with Gasteiger partial charge in [-0.25, -0.2) is 4.98 Å². The van der Waals surface area contributed by atoms with Crippen molar-refractivity contribution in [3.8, 4) is 0 Å². The van der Waals surface area contributed by atoms with E-state index in [1.165, 1.54) is 6.07 Å². The Bertz CT molecular complexity index is 1130. The summed E-state index contributed by atoms with van der Waals surface area (Å²) in [6, 6.07) is 11.2. The van der Waals surface area contributed by atoms with E-state index in [-0.39, 0.29) is 11.5 Å². The fraction of sp³-hybridized carbons (Fsp3) is 0.286. The fourth-order valence-corrected chi connectivity index (χ4v) is 3.57. The number of para-hydroxylation sites is 1. The molecule has 4 rings (SSSR count). The van der Waals surface area contributed by atoms with Crippen molar-refractivity contribution in [1.29, 1.82) is 0 Å². The molecule has 0 atom stereocenters. The van der Waals surface area contributed by atoms with Crippen LogP contribution in [-0.4, -0.2) is 47.0 Å². The number of aromatic nitrogens is 2. The van der Waals surface area contributed by atoms with Crippen molar-refractivity contribution in [2.24, 2.45) is 0 Å². The highest BCUT2D eigenvalue weighted by Gasteiger charge is 2.31. The molecule has 6 nitrogen and oxygen atoms in total. The molecule has 3 aromatic rings. The van der Waals surface area contributed by atoms with Crippen molar-refractivity contribution in [1.82, 2.24) is 14.9 Å². The molecule has 1 N–H and O–H groups in total. The maximum Gasteiger partial charge on any atom is 0.417 e. The van der Waals surface area contributed by atoms with Crippen LogP contribution >= 0.6 is 0 Å². The Morgan fingerprint density at radius 2 is 1.83 bits per heavy atom. The third-order valence-corrected chi connectivity index (χ3v) is 5.17. The number of aromatic amines is 1. The van der Waals surface area contributed by atoms with Gasteiger partial charge in [-0.3, -0.25) is 9.59 Å². The molecule has 1 amide bonds. The lowest BCUT2D eigenvalue weighted by atomic mass is 10.1. The third kappa shape index (κ3) is 4.00. The summed E-state index contributed by atoms with van der Waals surface area (Å²) in [5.41, 5.74) is -0.498. The molecule has 2 aromatic heterocycles. The van der Waals surface area contributed by atoms with Crippen molar-refractivity contribution < 1.29 is 18.0 Å². The molecule has 156 valence electrons. The van der Waals surface area contributed by atoms with Gasteiger partial charge in [0.15, 0.2) is 0 Å². The highest BCUT2D eigenvalue weighted by molar-refractivity contribution is 5.97. The molecule has 0 unspecified atom stereocenters. The van der Waals surface area contributed by atoms with E-state index in [2.05, 4.69) is 9.97 Å². The topological polar surface area (TPSA) is 69.3 Å². The Morgan fingerprint density at radius 3 is 2.57 bits per heavy atom. The zero-order valence-electron chi connectivity index (χ0n) is 15.9. The minimum atomic E-state index is -4.43. The second-order valence-electron chi connectivity index (χ2n) is 7.14. The molecule has 0 radical (unpaired) electrons. The molecule has 1 aliphatic heterocycles. The van der Waals surface area contributed by atoms with Gasteiger partial charge in [-0.2, -0.15) is 13.2 Å². The summed E-state index contributed by atoms with van der Waals surface area (Å²) in [5, 5.41) is 0.769. The lowest BCUT2D eigenvalue weighted by Gasteiger charge is -2.23. The molecule has 0 saturated carbocycles. The first kappa shape index (κ1) is 19.9. The zero-order valence-corrected chi connectivity index (χ0v) is 15.9. The molecule has 3 heterocycles. The fourth-order valence-electron chi connectivity index (χ4n) is 3.57. The predicted octanol–water partition coefficient (Wildman–Crippen LogP) is 3.29. The summed E-state index contributed by atoms with van der Waals surface area (Å²) >= 11 is 0. The van der Waals surface area contributed by atoms with Gasteiger partial charge in [-0.15, -0.1) is 0 Å². The largest absolute Gasteiger partial charge is 0.417 e. The number of H-pyrrole nitrogens is 1. The van der Waals surface area contributed by atoms with Crippen molar-refractivity contribution in [3.05, 3.63) is 70.1 Å². The van der Waals surface area contributed by atoms with E-state index in [1.807, 2.05) is 17.0 Å². The summed E-state index contributed by atoms with van der Waals surface area (Å²) in [4.78, 5) is 35.5. The minimum Gasteiger partial charge on any atom is -0.355 e. The number of nitrogens with one attached hydrogen (secondary N) is 1. The molecule has 1 saturated heterocycles. The van der Waals surface area contributed by atoms with E-state index in [9.17, 15) is 22.8 Å². The van der Waals surface area contributed by atoms with E-state index in [4.69, 9.17) is 0 Å². The second kappa shape index (κ2) is 7.81. The highest BCUT2D eigenvalue weighted by Crippen LogP contribution is 2.29. The van der Waals surface area contributed by atoms with Crippen LogP contribution in [0.1, 0.15) is 22.3 Å². The van der Waals surface area contributed by atoms with Crippen LogP contribution in [0, 0.1) is 0 Å². The highest BCUT2D eigenvalue weighted by atomic mass is 19.4. The number of hydrogen-bond acceptors (Lipinski definition) is 4. The maximum absolute atomic E-state index is 13.0. The minimum absolute atomic E-state index is 0.0785. The quantitative estimate of drug-likeness (QED) is 0.696. The Morgan fingerprint density at radius 1 is 1.03 bits per heavy atom. The Labute approximate surface area is 169 Å². The van der Waals surface area contributed by atoms with Gasteiger partial charge in [0.1, 0.15) is 11.4 Å². The van der Waals surface area contributed by atoms with Crippen molar-refractivity contribution in [3.63, 3.8) is 0 Å². The molecule has 1 fully saturated rings. The molecule has 1 aliphatic rings. The van der Waals surface area contributed by atoms with Crippen molar-refractivity contribution in [2.45, 2.75) is 12.6 Å². The summed E-state index contributed by atoms with van der Waals surface area (Å²) in [7, 11) is 0. The first-order chi connectivity index (χ1) is 14.3. The number of anilines is 1. The van der Waals surface area contributed by atoms with Crippen LogP contribution < -0.4 is 10.5 Å². The standard InChI is InChI=1S/C21H19F3N4O2/c22-21(23,24)15-6-7-18(25-13-15)27-8-3-9-28(11-10-27)20(30)16-12-14-4-1-2-5-17(14)26-19(16)29/h1-2,4-7,12-13H,3,8-11H2,(H,26,29). The normalized spacial score (nSPS) is 15.3. The maximum atomic E-state index is 13.0. The average Bonchev–Trinajstić information content (AvgIpc) is 2.98. The number of hydrogen-bond donors (Lipinski definition) is 1. The van der Waals surface area contributed by atoms with Gasteiger partial charge < -0.3 is 14.8 Å². The molecule has 0 bridgehead atoms. The number of alkyl halides is 3. The van der Waals surface area contributed by atoms with Gasteiger partial charge >= 0.3 is 6.18 Å². The number of pyridine rings is 2. The number of halogens is 3. The SMILES string of the molecule is O=C(c1cc2ccccc2[nH]c1=O)N1CCCN(c2ccc(C(F)(F)F)cn2)CC1. The molecule has 1 aromatic carbocycles. The summed E-state index contributed by atoms with van der Waals surface area (Å²) in [6.07, 6.45) is -3.00. The number of benzene rings is 1. The van der Waals surface area contributed by atoms with Crippen molar-refractivity contribution >= 4 is 22.6 Å². The third-order valence-electron chi connectivity index (χ3n) is 5.17. The lowest BCUT2D eigenvalue weighted by molar-refractivity contribution is -0.137. The Balaban J connectivity index is 1.50. The van der Waals surface area contributed by atoms with Crippen LogP contribution in [0.2, 0.25) is 0 Å². The summed E-state index contributed by atoms with van der Waals surface area (Å²) in [6.45, 7) is 1.75. The second-order valence-corrected chi connectivity index (χ2v) is 7.14. The van der Waals surface area contributed by atoms with E-state index < -0.39 is 17.3 Å². The van der Waals surface area contributed by atoms with Gasteiger partial charge in [0, 0.05) is 37.9 Å². The van der Waals surface area contributed by atoms with Gasteiger partial charge in [-0.1, -0.05) is 18.2 Å². The molecule has 30 heavy (non-hydrogen) atoms. The predicted molar refractivity (Wildman–Crippen MR) is 107 cm³/mol. The van der Waals surface area contributed by atoms with Gasteiger partial charge in [0.25, 0.3) is 11.5 Å². The van der Waals surface area contributed by atoms with Crippen LogP contribution in [0.15, 0.2) is 53.5 Å². The van der Waals surface area contributed by atoms with E-state index in [0.717, 1.165) is 17.6 Å². The zero-order chi connectivity index (χ0) is 21.3. The van der Waals surface area contributed by atoms with Gasteiger partial charge in [-0.05, 0) is 36.1 Å². The monoisotopic (exact) mass is 416 g/mol. The lowest BCUT2D eigenvalue weighted by Crippen LogP contribution is -2.37. The van der Waals surface area contributed by atoms with E-state index >= 15 is 0 Å². The van der Waals surface area contributed by atoms with Crippen LogP contribution in [-0.2, 0) is 6.18 Å². The Hall–Kier alpha value is -3.36. The number of carbonyl (C=O) groups excluding carboxylic acids is 1. The van der Waals surface area contributed by atoms with E-state index in [1.54, 1.807) is 23.1 Å². The number of amides is 1. The molecule has 0 spiro atoms. The molecular formula is C21H19F3N4O2. The number of nitrogens with zero attached hydrogens (tertiary/aromatic N) is 3. The number of rotatable bonds is 2. The molecular weight excluding hydrogens is 397 g/mol. The summed E-state index contributed by atoms with van der Waals surface area (Å²) < 4.78 is 38.2. The smallest absolute Gasteiger partial charge is 0.355 e. The van der Waals surface area contributed by atoms with Crippen LogP contribution in [0.3, 0.4) is 0 Å². The molecule has 9 heteroatoms. The van der Waals surface area contributed by atoms with Crippen LogP contribution in [0.5, 0.6) is 0 Å². The first-order valence-electron chi connectivity index (χ1n) is 9.52. The molecule has 0 aliphatic carbocycles. The Kier molecular flexibility index (Phi) is 5.19. The van der Waals surface area contributed by atoms with Crippen LogP contribution in [0.4, 0.5) is 19.0 Å². The van der Waals surface area contributed by atoms with Crippen LogP contribution in [0.25, 0.3) is 10.9 Å². The number of fused-ring (bicyclic) bond motifs is 1. The summed E-state index contributed by atoms with van der Waals surface area (Å²) in [5.74, 6) is 0.0742. The van der Waals surface area contributed by atoms with Gasteiger partial charge in [0.05, 0.1) is 5.56 Å². The van der Waals surface area contributed by atoms with Gasteiger partial charge in [0.2, 0.25) is 0 Å². The van der Waals surface area contributed by atoms with Crippen molar-refractivity contribution in [2.75, 3.05) is 31.1 Å². The first-order valence-corrected chi connectivity index (χ1v) is 9.52. The number of carbonyl (C=O) groups is 1.